The third kappa shape index (κ3) is 5.16. The summed E-state index contributed by atoms with van der Waals surface area (Å²) in [6.45, 7) is 5.81. The monoisotopic (exact) mass is 542 g/mol. The molecule has 0 bridgehead atoms. The second kappa shape index (κ2) is 11.5. The summed E-state index contributed by atoms with van der Waals surface area (Å²) in [6, 6.07) is 36.7. The van der Waals surface area contributed by atoms with Crippen molar-refractivity contribution in [1.82, 2.24) is 4.90 Å². The summed E-state index contributed by atoms with van der Waals surface area (Å²) >= 11 is 0. The van der Waals surface area contributed by atoms with Crippen LogP contribution in [0.3, 0.4) is 0 Å². The van der Waals surface area contributed by atoms with Crippen LogP contribution >= 0.6 is 0 Å². The largest absolute Gasteiger partial charge is 0.446 e. The Balaban J connectivity index is 1.34. The molecule has 2 amide bonds. The van der Waals surface area contributed by atoms with E-state index in [1.54, 1.807) is 0 Å². The average molecular weight is 543 g/mol. The number of hydrogen-bond acceptors (Lipinski definition) is 4. The van der Waals surface area contributed by atoms with Crippen LogP contribution in [-0.4, -0.2) is 23.5 Å². The van der Waals surface area contributed by atoms with Gasteiger partial charge >= 0.3 is 6.09 Å². The number of fused-ring (bicyclic) bond motifs is 1. The molecule has 6 rings (SSSR count). The lowest BCUT2D eigenvalue weighted by Crippen LogP contribution is -2.36. The van der Waals surface area contributed by atoms with Crippen LogP contribution in [0.25, 0.3) is 5.57 Å². The van der Waals surface area contributed by atoms with Crippen LogP contribution in [0.4, 0.5) is 10.5 Å². The zero-order valence-corrected chi connectivity index (χ0v) is 23.5. The Morgan fingerprint density at radius 2 is 1.44 bits per heavy atom. The normalized spacial score (nSPS) is 17.9. The fraction of sp³-hybridized carbons (Fsp3) is 0.222. The van der Waals surface area contributed by atoms with Crippen LogP contribution in [-0.2, 0) is 22.6 Å². The highest BCUT2D eigenvalue weighted by Crippen LogP contribution is 2.47. The molecule has 1 aliphatic carbocycles. The Bertz CT molecular complexity index is 1540. The number of rotatable bonds is 8. The molecule has 1 saturated heterocycles. The van der Waals surface area contributed by atoms with Crippen molar-refractivity contribution < 1.29 is 14.3 Å². The van der Waals surface area contributed by atoms with Gasteiger partial charge in [-0.15, -0.1) is 0 Å². The molecule has 2 atom stereocenters. The maximum Gasteiger partial charge on any atom is 0.417 e. The molecular weight excluding hydrogens is 508 g/mol. The maximum absolute atomic E-state index is 14.1. The van der Waals surface area contributed by atoms with Gasteiger partial charge in [0, 0.05) is 30.3 Å². The van der Waals surface area contributed by atoms with Crippen molar-refractivity contribution in [2.45, 2.75) is 45.3 Å². The van der Waals surface area contributed by atoms with Gasteiger partial charge in [-0.25, -0.2) is 9.69 Å². The number of ether oxygens (including phenoxy) is 1. The average Bonchev–Trinajstić information content (AvgIpc) is 3.54. The van der Waals surface area contributed by atoms with Crippen LogP contribution in [0.2, 0.25) is 0 Å². The Labute approximate surface area is 241 Å². The molecule has 0 N–H and O–H groups in total. The Morgan fingerprint density at radius 1 is 0.854 bits per heavy atom. The fourth-order valence-electron chi connectivity index (χ4n) is 6.21. The lowest BCUT2D eigenvalue weighted by atomic mass is 9.91. The molecule has 5 heteroatoms. The van der Waals surface area contributed by atoms with E-state index < -0.39 is 12.1 Å². The van der Waals surface area contributed by atoms with Crippen LogP contribution in [0, 0.1) is 0 Å². The van der Waals surface area contributed by atoms with Gasteiger partial charge in [-0.3, -0.25) is 4.79 Å². The van der Waals surface area contributed by atoms with Crippen molar-refractivity contribution in [1.29, 1.82) is 0 Å². The van der Waals surface area contributed by atoms with Crippen LogP contribution in [0.1, 0.15) is 60.0 Å². The first-order chi connectivity index (χ1) is 20.0. The van der Waals surface area contributed by atoms with Gasteiger partial charge in [0.15, 0.2) is 0 Å². The summed E-state index contributed by atoms with van der Waals surface area (Å²) in [5.41, 5.74) is 8.33. The Hall–Kier alpha value is -4.64. The molecule has 2 aliphatic rings. The van der Waals surface area contributed by atoms with E-state index in [1.165, 1.54) is 16.0 Å². The van der Waals surface area contributed by atoms with Crippen molar-refractivity contribution in [2.24, 2.45) is 0 Å². The zero-order chi connectivity index (χ0) is 28.3. The highest BCUT2D eigenvalue weighted by atomic mass is 16.6. The van der Waals surface area contributed by atoms with Crippen LogP contribution in [0.5, 0.6) is 0 Å². The molecule has 4 aromatic carbocycles. The molecule has 1 aliphatic heterocycles. The van der Waals surface area contributed by atoms with Crippen molar-refractivity contribution in [3.8, 4) is 0 Å². The van der Waals surface area contributed by atoms with Gasteiger partial charge in [-0.2, -0.15) is 0 Å². The third-order valence-electron chi connectivity index (χ3n) is 8.28. The van der Waals surface area contributed by atoms with E-state index in [2.05, 4.69) is 78.6 Å². The zero-order valence-electron chi connectivity index (χ0n) is 23.5. The Kier molecular flexibility index (Phi) is 7.43. The molecular formula is C36H34N2O3. The summed E-state index contributed by atoms with van der Waals surface area (Å²) in [4.78, 5) is 30.7. The molecule has 206 valence electrons. The molecule has 0 saturated carbocycles. The van der Waals surface area contributed by atoms with Crippen molar-refractivity contribution in [3.63, 3.8) is 0 Å². The van der Waals surface area contributed by atoms with E-state index in [9.17, 15) is 9.59 Å². The third-order valence-corrected chi connectivity index (χ3v) is 8.28. The highest BCUT2D eigenvalue weighted by Gasteiger charge is 2.44. The van der Waals surface area contributed by atoms with E-state index in [0.717, 1.165) is 47.5 Å². The van der Waals surface area contributed by atoms with E-state index in [-0.39, 0.29) is 18.4 Å². The number of cyclic esters (lactones) is 1. The number of imide groups is 1. The van der Waals surface area contributed by atoms with E-state index >= 15 is 0 Å². The summed E-state index contributed by atoms with van der Waals surface area (Å²) < 4.78 is 5.40. The SMILES string of the molecule is CC[C@H]1C(C(=O)N2C(=O)OC[C@H]2c2ccccc2)=C(C)c2ccc(N(Cc3ccccc3)Cc3ccccc3)cc21. The second-order valence-electron chi connectivity index (χ2n) is 10.8. The quantitative estimate of drug-likeness (QED) is 0.227. The first kappa shape index (κ1) is 26.6. The minimum atomic E-state index is -0.576. The van der Waals surface area contributed by atoms with Crippen molar-refractivity contribution in [3.05, 3.63) is 143 Å². The molecule has 1 heterocycles. The molecule has 1 fully saturated rings. The molecule has 0 aromatic heterocycles. The van der Waals surface area contributed by atoms with E-state index in [4.69, 9.17) is 4.74 Å². The van der Waals surface area contributed by atoms with Crippen molar-refractivity contribution >= 4 is 23.3 Å². The van der Waals surface area contributed by atoms with Crippen LogP contribution in [0.15, 0.2) is 115 Å². The van der Waals surface area contributed by atoms with Gasteiger partial charge < -0.3 is 9.64 Å². The van der Waals surface area contributed by atoms with Crippen molar-refractivity contribution in [2.75, 3.05) is 11.5 Å². The van der Waals surface area contributed by atoms with E-state index in [1.807, 2.05) is 49.4 Å². The number of anilines is 1. The fourth-order valence-corrected chi connectivity index (χ4v) is 6.21. The predicted octanol–water partition coefficient (Wildman–Crippen LogP) is 7.89. The molecule has 4 aromatic rings. The molecule has 41 heavy (non-hydrogen) atoms. The van der Waals surface area contributed by atoms with Gasteiger partial charge in [0.05, 0.1) is 0 Å². The number of carbonyl (C=O) groups is 2. The number of amides is 2. The molecule has 0 radical (unpaired) electrons. The lowest BCUT2D eigenvalue weighted by molar-refractivity contribution is -0.125. The second-order valence-corrected chi connectivity index (χ2v) is 10.8. The molecule has 0 unspecified atom stereocenters. The molecule has 0 spiro atoms. The van der Waals surface area contributed by atoms with Gasteiger partial charge in [0.1, 0.15) is 12.6 Å². The smallest absolute Gasteiger partial charge is 0.417 e. The lowest BCUT2D eigenvalue weighted by Gasteiger charge is -2.27. The summed E-state index contributed by atoms with van der Waals surface area (Å²) in [6.07, 6.45) is 0.179. The maximum atomic E-state index is 14.1. The van der Waals surface area contributed by atoms with Gasteiger partial charge in [-0.1, -0.05) is 104 Å². The minimum absolute atomic E-state index is 0.0995. The summed E-state index contributed by atoms with van der Waals surface area (Å²) in [5.74, 6) is -0.355. The summed E-state index contributed by atoms with van der Waals surface area (Å²) in [5, 5.41) is 0. The van der Waals surface area contributed by atoms with Gasteiger partial charge in [-0.05, 0) is 58.9 Å². The number of allylic oxidation sites excluding steroid dienone is 1. The molecule has 5 nitrogen and oxygen atoms in total. The number of carbonyl (C=O) groups excluding carboxylic acids is 2. The Morgan fingerprint density at radius 3 is 2.02 bits per heavy atom. The van der Waals surface area contributed by atoms with Gasteiger partial charge in [0.25, 0.3) is 5.91 Å². The predicted molar refractivity (Wildman–Crippen MR) is 162 cm³/mol. The summed E-state index contributed by atoms with van der Waals surface area (Å²) in [7, 11) is 0. The van der Waals surface area contributed by atoms with Crippen LogP contribution < -0.4 is 4.90 Å². The first-order valence-electron chi connectivity index (χ1n) is 14.3. The number of hydrogen-bond donors (Lipinski definition) is 0. The first-order valence-corrected chi connectivity index (χ1v) is 14.3. The highest BCUT2D eigenvalue weighted by molar-refractivity contribution is 6.11. The number of benzene rings is 4. The van der Waals surface area contributed by atoms with Gasteiger partial charge in [0.2, 0.25) is 0 Å². The standard InChI is InChI=1S/C36H34N2O3/c1-3-30-32-21-29(37(22-26-13-7-4-8-14-26)23-27-15-9-5-10-16-27)19-20-31(32)25(2)34(30)35(39)38-33(24-41-36(38)40)28-17-11-6-12-18-28/h4-21,30,33H,3,22-24H2,1-2H3/t30-,33+/m1/s1. The topological polar surface area (TPSA) is 49.9 Å². The van der Waals surface area contributed by atoms with E-state index in [0.29, 0.717) is 5.57 Å². The minimum Gasteiger partial charge on any atom is -0.446 e. The number of nitrogens with zero attached hydrogens (tertiary/aromatic N) is 2.